The number of methoxy groups -OCH3 is 1. The van der Waals surface area contributed by atoms with Crippen LogP contribution in [0.3, 0.4) is 0 Å². The van der Waals surface area contributed by atoms with Crippen LogP contribution in [0.15, 0.2) is 18.2 Å². The highest BCUT2D eigenvalue weighted by atomic mass is 35.5. The first-order valence-corrected chi connectivity index (χ1v) is 6.02. The van der Waals surface area contributed by atoms with Crippen molar-refractivity contribution in [3.05, 3.63) is 40.2 Å². The number of benzene rings is 1. The van der Waals surface area contributed by atoms with Gasteiger partial charge in [0.05, 0.1) is 30.1 Å². The zero-order chi connectivity index (χ0) is 13.3. The lowest BCUT2D eigenvalue weighted by Crippen LogP contribution is -2.05. The fourth-order valence-corrected chi connectivity index (χ4v) is 2.03. The second kappa shape index (κ2) is 4.90. The summed E-state index contributed by atoms with van der Waals surface area (Å²) in [5, 5.41) is 5.11. The smallest absolute Gasteiger partial charge is 0.121 e. The Morgan fingerprint density at radius 2 is 2.06 bits per heavy atom. The Kier molecular flexibility index (Phi) is 3.48. The Bertz CT molecular complexity index is 578. The Balaban J connectivity index is 2.33. The molecule has 5 heteroatoms. The minimum absolute atomic E-state index is 0.626. The summed E-state index contributed by atoms with van der Waals surface area (Å²) in [6.45, 7) is 4.47. The van der Waals surface area contributed by atoms with Gasteiger partial charge in [-0.15, -0.1) is 0 Å². The van der Waals surface area contributed by atoms with Gasteiger partial charge >= 0.3 is 0 Å². The molecule has 96 valence electrons. The van der Waals surface area contributed by atoms with Gasteiger partial charge in [0.25, 0.3) is 0 Å². The number of rotatable bonds is 3. The summed E-state index contributed by atoms with van der Waals surface area (Å²) < 4.78 is 7.06. The molecule has 0 fully saturated rings. The molecule has 1 heterocycles. The number of aromatic nitrogens is 2. The van der Waals surface area contributed by atoms with Gasteiger partial charge in [0.1, 0.15) is 5.75 Å². The third-order valence-corrected chi connectivity index (χ3v) is 3.40. The molecule has 2 N–H and O–H groups in total. The number of halogens is 1. The zero-order valence-electron chi connectivity index (χ0n) is 10.7. The van der Waals surface area contributed by atoms with Crippen molar-refractivity contribution in [3.8, 4) is 5.75 Å². The van der Waals surface area contributed by atoms with Gasteiger partial charge in [-0.25, -0.2) is 0 Å². The average molecular weight is 266 g/mol. The number of anilines is 1. The zero-order valence-corrected chi connectivity index (χ0v) is 11.5. The molecule has 18 heavy (non-hydrogen) atoms. The first-order chi connectivity index (χ1) is 8.51. The summed E-state index contributed by atoms with van der Waals surface area (Å²) in [6, 6.07) is 5.64. The Hall–Kier alpha value is -1.68. The molecule has 0 aliphatic rings. The molecule has 0 aliphatic carbocycles. The first kappa shape index (κ1) is 12.8. The molecule has 2 aromatic rings. The van der Waals surface area contributed by atoms with Crippen LogP contribution in [0.25, 0.3) is 0 Å². The molecule has 4 nitrogen and oxygen atoms in total. The van der Waals surface area contributed by atoms with Crippen LogP contribution in [0.4, 0.5) is 5.69 Å². The van der Waals surface area contributed by atoms with Crippen LogP contribution in [0.2, 0.25) is 5.02 Å². The number of hydrogen-bond acceptors (Lipinski definition) is 3. The maximum atomic E-state index is 6.12. The minimum Gasteiger partial charge on any atom is -0.497 e. The van der Waals surface area contributed by atoms with Crippen LogP contribution in [0.1, 0.15) is 17.0 Å². The third kappa shape index (κ3) is 2.43. The molecule has 0 saturated heterocycles. The Labute approximate surface area is 111 Å². The number of nitrogen functional groups attached to an aromatic ring is 1. The summed E-state index contributed by atoms with van der Waals surface area (Å²) in [5.74, 6) is 0.748. The van der Waals surface area contributed by atoms with Gasteiger partial charge in [-0.3, -0.25) is 4.68 Å². The van der Waals surface area contributed by atoms with Crippen molar-refractivity contribution in [1.82, 2.24) is 9.78 Å². The highest BCUT2D eigenvalue weighted by Gasteiger charge is 2.10. The summed E-state index contributed by atoms with van der Waals surface area (Å²) in [7, 11) is 1.62. The molecule has 1 aromatic carbocycles. The van der Waals surface area contributed by atoms with Crippen LogP contribution in [0.5, 0.6) is 5.75 Å². The molecule has 0 bridgehead atoms. The average Bonchev–Trinajstić information content (AvgIpc) is 2.56. The van der Waals surface area contributed by atoms with Crippen molar-refractivity contribution in [3.63, 3.8) is 0 Å². The number of hydrogen-bond donors (Lipinski definition) is 1. The standard InChI is InChI=1S/C13H16ClN3O/c1-8-13(14)9(2)17(16-8)7-10-4-11(15)6-12(5-10)18-3/h4-6H,7,15H2,1-3H3. The van der Waals surface area contributed by atoms with E-state index in [1.807, 2.05) is 30.7 Å². The monoisotopic (exact) mass is 265 g/mol. The maximum absolute atomic E-state index is 6.12. The van der Waals surface area contributed by atoms with E-state index < -0.39 is 0 Å². The number of nitrogens with zero attached hydrogens (tertiary/aromatic N) is 2. The van der Waals surface area contributed by atoms with Crippen LogP contribution in [0, 0.1) is 13.8 Å². The van der Waals surface area contributed by atoms with E-state index in [9.17, 15) is 0 Å². The van der Waals surface area contributed by atoms with Crippen molar-refractivity contribution < 1.29 is 4.74 Å². The molecular formula is C13H16ClN3O. The molecule has 2 rings (SSSR count). The molecule has 0 aliphatic heterocycles. The molecule has 0 amide bonds. The van der Waals surface area contributed by atoms with Gasteiger partial charge in [-0.1, -0.05) is 11.6 Å². The molecule has 0 atom stereocenters. The number of ether oxygens (including phenoxy) is 1. The summed E-state index contributed by atoms with van der Waals surface area (Å²) in [5.41, 5.74) is 9.33. The van der Waals surface area contributed by atoms with Gasteiger partial charge in [0.2, 0.25) is 0 Å². The van der Waals surface area contributed by atoms with Crippen molar-refractivity contribution in [2.75, 3.05) is 12.8 Å². The largest absolute Gasteiger partial charge is 0.497 e. The van der Waals surface area contributed by atoms with Crippen LogP contribution in [-0.2, 0) is 6.54 Å². The number of nitrogens with two attached hydrogens (primary N) is 1. The lowest BCUT2D eigenvalue weighted by atomic mass is 10.2. The van der Waals surface area contributed by atoms with E-state index in [1.54, 1.807) is 13.2 Å². The molecular weight excluding hydrogens is 250 g/mol. The molecule has 0 radical (unpaired) electrons. The van der Waals surface area contributed by atoms with Gasteiger partial charge in [0, 0.05) is 11.8 Å². The second-order valence-electron chi connectivity index (χ2n) is 4.26. The van der Waals surface area contributed by atoms with Gasteiger partial charge in [-0.05, 0) is 31.5 Å². The fraction of sp³-hybridized carbons (Fsp3) is 0.308. The van der Waals surface area contributed by atoms with E-state index in [2.05, 4.69) is 5.10 Å². The topological polar surface area (TPSA) is 53.1 Å². The Morgan fingerprint density at radius 1 is 1.33 bits per heavy atom. The highest BCUT2D eigenvalue weighted by Crippen LogP contribution is 2.22. The molecule has 0 unspecified atom stereocenters. The quantitative estimate of drug-likeness (QED) is 0.869. The SMILES string of the molecule is COc1cc(N)cc(Cn2nc(C)c(Cl)c2C)c1. The van der Waals surface area contributed by atoms with E-state index in [1.165, 1.54) is 0 Å². The van der Waals surface area contributed by atoms with Gasteiger partial charge in [0.15, 0.2) is 0 Å². The van der Waals surface area contributed by atoms with E-state index in [-0.39, 0.29) is 0 Å². The van der Waals surface area contributed by atoms with E-state index in [0.717, 1.165) is 22.7 Å². The van der Waals surface area contributed by atoms with Crippen LogP contribution in [-0.4, -0.2) is 16.9 Å². The second-order valence-corrected chi connectivity index (χ2v) is 4.63. The first-order valence-electron chi connectivity index (χ1n) is 5.64. The van der Waals surface area contributed by atoms with E-state index in [4.69, 9.17) is 22.1 Å². The van der Waals surface area contributed by atoms with Gasteiger partial charge < -0.3 is 10.5 Å². The lowest BCUT2D eigenvalue weighted by Gasteiger charge is -2.08. The predicted octanol–water partition coefficient (Wildman–Crippen LogP) is 2.79. The van der Waals surface area contributed by atoms with Gasteiger partial charge in [-0.2, -0.15) is 5.10 Å². The number of aryl methyl sites for hydroxylation is 1. The summed E-state index contributed by atoms with van der Waals surface area (Å²) in [6.07, 6.45) is 0. The predicted molar refractivity (Wildman–Crippen MR) is 73.2 cm³/mol. The van der Waals surface area contributed by atoms with Crippen molar-refractivity contribution in [1.29, 1.82) is 0 Å². The van der Waals surface area contributed by atoms with Crippen molar-refractivity contribution in [2.24, 2.45) is 0 Å². The molecule has 1 aromatic heterocycles. The van der Waals surface area contributed by atoms with Crippen LogP contribution < -0.4 is 10.5 Å². The Morgan fingerprint density at radius 3 is 2.61 bits per heavy atom. The highest BCUT2D eigenvalue weighted by molar-refractivity contribution is 6.31. The fourth-order valence-electron chi connectivity index (χ4n) is 1.90. The summed E-state index contributed by atoms with van der Waals surface area (Å²) >= 11 is 6.12. The maximum Gasteiger partial charge on any atom is 0.121 e. The molecule has 0 saturated carbocycles. The van der Waals surface area contributed by atoms with Crippen molar-refractivity contribution in [2.45, 2.75) is 20.4 Å². The normalized spacial score (nSPS) is 10.7. The van der Waals surface area contributed by atoms with Crippen LogP contribution >= 0.6 is 11.6 Å². The van der Waals surface area contributed by atoms with Crippen molar-refractivity contribution >= 4 is 17.3 Å². The van der Waals surface area contributed by atoms with E-state index in [0.29, 0.717) is 17.3 Å². The minimum atomic E-state index is 0.626. The molecule has 0 spiro atoms. The summed E-state index contributed by atoms with van der Waals surface area (Å²) in [4.78, 5) is 0. The lowest BCUT2D eigenvalue weighted by molar-refractivity contribution is 0.414. The third-order valence-electron chi connectivity index (χ3n) is 2.85. The van der Waals surface area contributed by atoms with E-state index >= 15 is 0 Å².